The van der Waals surface area contributed by atoms with Crippen molar-refractivity contribution in [2.45, 2.75) is 18.4 Å². The average Bonchev–Trinajstić information content (AvgIpc) is 2.47. The third-order valence-corrected chi connectivity index (χ3v) is 4.22. The molecular formula is C17H22N2S. The first-order chi connectivity index (χ1) is 9.78. The highest BCUT2D eigenvalue weighted by Gasteiger charge is 2.04. The molecule has 0 bridgehead atoms. The van der Waals surface area contributed by atoms with Gasteiger partial charge in [0, 0.05) is 29.4 Å². The largest absolute Gasteiger partial charge is 0.399 e. The van der Waals surface area contributed by atoms with Crippen LogP contribution < -0.4 is 5.73 Å². The first kappa shape index (κ1) is 14.9. The lowest BCUT2D eigenvalue weighted by Crippen LogP contribution is -2.25. The molecule has 2 aromatic carbocycles. The SMILES string of the molecule is CCN(CCSc1ccccc1)Cc1cccc(N)c1. The Hall–Kier alpha value is -1.45. The standard InChI is InChI=1S/C17H22N2S/c1-2-19(14-15-7-6-8-16(18)13-15)11-12-20-17-9-4-3-5-10-17/h3-10,13H,2,11-12,14,18H2,1H3. The number of nitrogens with zero attached hydrogens (tertiary/aromatic N) is 1. The highest BCUT2D eigenvalue weighted by Crippen LogP contribution is 2.17. The van der Waals surface area contributed by atoms with Crippen LogP contribution in [0.5, 0.6) is 0 Å². The number of benzene rings is 2. The Bertz CT molecular complexity index is 513. The topological polar surface area (TPSA) is 29.3 Å². The molecule has 0 aliphatic carbocycles. The molecule has 0 heterocycles. The third-order valence-electron chi connectivity index (χ3n) is 3.22. The number of nitrogen functional groups attached to an aromatic ring is 1. The van der Waals surface area contributed by atoms with Gasteiger partial charge >= 0.3 is 0 Å². The molecule has 0 aliphatic heterocycles. The Labute approximate surface area is 126 Å². The van der Waals surface area contributed by atoms with E-state index in [9.17, 15) is 0 Å². The van der Waals surface area contributed by atoms with E-state index in [2.05, 4.69) is 54.3 Å². The summed E-state index contributed by atoms with van der Waals surface area (Å²) in [4.78, 5) is 3.79. The molecule has 3 heteroatoms. The average molecular weight is 286 g/mol. The van der Waals surface area contributed by atoms with E-state index in [4.69, 9.17) is 5.73 Å². The zero-order valence-corrected chi connectivity index (χ0v) is 12.8. The number of thioether (sulfide) groups is 1. The highest BCUT2D eigenvalue weighted by atomic mass is 32.2. The van der Waals surface area contributed by atoms with Crippen molar-refractivity contribution in [3.8, 4) is 0 Å². The van der Waals surface area contributed by atoms with Gasteiger partial charge in [0.05, 0.1) is 0 Å². The smallest absolute Gasteiger partial charge is 0.0317 e. The molecule has 2 N–H and O–H groups in total. The van der Waals surface area contributed by atoms with Crippen LogP contribution >= 0.6 is 11.8 Å². The van der Waals surface area contributed by atoms with Gasteiger partial charge in [-0.3, -0.25) is 4.90 Å². The van der Waals surface area contributed by atoms with E-state index in [0.717, 1.165) is 31.1 Å². The molecule has 0 saturated carbocycles. The summed E-state index contributed by atoms with van der Waals surface area (Å²) >= 11 is 1.91. The van der Waals surface area contributed by atoms with Gasteiger partial charge in [0.25, 0.3) is 0 Å². The van der Waals surface area contributed by atoms with Crippen molar-refractivity contribution < 1.29 is 0 Å². The van der Waals surface area contributed by atoms with E-state index < -0.39 is 0 Å². The molecule has 0 unspecified atom stereocenters. The zero-order chi connectivity index (χ0) is 14.2. The van der Waals surface area contributed by atoms with Gasteiger partial charge < -0.3 is 5.73 Å². The van der Waals surface area contributed by atoms with Crippen molar-refractivity contribution in [3.63, 3.8) is 0 Å². The number of nitrogens with two attached hydrogens (primary N) is 1. The van der Waals surface area contributed by atoms with Gasteiger partial charge in [0.2, 0.25) is 0 Å². The molecule has 0 amide bonds. The minimum absolute atomic E-state index is 0.845. The maximum Gasteiger partial charge on any atom is 0.0317 e. The van der Waals surface area contributed by atoms with E-state index in [1.807, 2.05) is 23.9 Å². The van der Waals surface area contributed by atoms with Crippen LogP contribution in [0.2, 0.25) is 0 Å². The molecule has 0 aliphatic rings. The molecule has 0 aromatic heterocycles. The summed E-state index contributed by atoms with van der Waals surface area (Å²) in [6.45, 7) is 5.32. The van der Waals surface area contributed by atoms with Gasteiger partial charge in [-0.15, -0.1) is 11.8 Å². The van der Waals surface area contributed by atoms with Crippen LogP contribution in [0.15, 0.2) is 59.5 Å². The Kier molecular flexibility index (Phi) is 5.96. The zero-order valence-electron chi connectivity index (χ0n) is 12.0. The summed E-state index contributed by atoms with van der Waals surface area (Å²) < 4.78 is 0. The van der Waals surface area contributed by atoms with E-state index in [-0.39, 0.29) is 0 Å². The van der Waals surface area contributed by atoms with Gasteiger partial charge in [-0.25, -0.2) is 0 Å². The lowest BCUT2D eigenvalue weighted by Gasteiger charge is -2.20. The second kappa shape index (κ2) is 7.98. The molecule has 106 valence electrons. The summed E-state index contributed by atoms with van der Waals surface area (Å²) in [6, 6.07) is 18.7. The Morgan fingerprint density at radius 3 is 2.55 bits per heavy atom. The second-order valence-electron chi connectivity index (χ2n) is 4.78. The monoisotopic (exact) mass is 286 g/mol. The predicted octanol–water partition coefficient (Wildman–Crippen LogP) is 3.88. The van der Waals surface area contributed by atoms with Gasteiger partial charge in [-0.1, -0.05) is 37.3 Å². The minimum atomic E-state index is 0.845. The van der Waals surface area contributed by atoms with E-state index in [1.165, 1.54) is 10.5 Å². The minimum Gasteiger partial charge on any atom is -0.399 e. The summed E-state index contributed by atoms with van der Waals surface area (Å²) in [5, 5.41) is 0. The van der Waals surface area contributed by atoms with Crippen molar-refractivity contribution in [1.29, 1.82) is 0 Å². The summed E-state index contributed by atoms with van der Waals surface area (Å²) in [5.74, 6) is 1.11. The molecule has 2 nitrogen and oxygen atoms in total. The predicted molar refractivity (Wildman–Crippen MR) is 89.0 cm³/mol. The lowest BCUT2D eigenvalue weighted by molar-refractivity contribution is 0.298. The van der Waals surface area contributed by atoms with E-state index >= 15 is 0 Å². The van der Waals surface area contributed by atoms with Crippen molar-refractivity contribution in [2.24, 2.45) is 0 Å². The van der Waals surface area contributed by atoms with Crippen LogP contribution in [0.1, 0.15) is 12.5 Å². The molecule has 0 atom stereocenters. The first-order valence-electron chi connectivity index (χ1n) is 7.02. The van der Waals surface area contributed by atoms with Crippen molar-refractivity contribution in [1.82, 2.24) is 4.90 Å². The molecule has 2 aromatic rings. The molecule has 0 fully saturated rings. The normalized spacial score (nSPS) is 10.9. The van der Waals surface area contributed by atoms with Crippen LogP contribution in [-0.2, 0) is 6.54 Å². The van der Waals surface area contributed by atoms with Gasteiger partial charge in [-0.05, 0) is 36.4 Å². The summed E-state index contributed by atoms with van der Waals surface area (Å²) in [6.07, 6.45) is 0. The van der Waals surface area contributed by atoms with Crippen molar-refractivity contribution in [2.75, 3.05) is 24.6 Å². The number of hydrogen-bond acceptors (Lipinski definition) is 3. The van der Waals surface area contributed by atoms with Crippen molar-refractivity contribution in [3.05, 3.63) is 60.2 Å². The lowest BCUT2D eigenvalue weighted by atomic mass is 10.2. The number of anilines is 1. The first-order valence-corrected chi connectivity index (χ1v) is 8.01. The van der Waals surface area contributed by atoms with E-state index in [0.29, 0.717) is 0 Å². The fourth-order valence-electron chi connectivity index (χ4n) is 2.11. The van der Waals surface area contributed by atoms with Crippen molar-refractivity contribution >= 4 is 17.4 Å². The Balaban J connectivity index is 1.80. The molecule has 0 radical (unpaired) electrons. The highest BCUT2D eigenvalue weighted by molar-refractivity contribution is 7.99. The Morgan fingerprint density at radius 2 is 1.85 bits per heavy atom. The van der Waals surface area contributed by atoms with Crippen LogP contribution in [0, 0.1) is 0 Å². The maximum atomic E-state index is 5.83. The van der Waals surface area contributed by atoms with Gasteiger partial charge in [-0.2, -0.15) is 0 Å². The molecule has 0 spiro atoms. The van der Waals surface area contributed by atoms with Crippen LogP contribution in [0.25, 0.3) is 0 Å². The van der Waals surface area contributed by atoms with Gasteiger partial charge in [0.1, 0.15) is 0 Å². The number of rotatable bonds is 7. The molecule has 0 saturated heterocycles. The van der Waals surface area contributed by atoms with Crippen LogP contribution in [0.3, 0.4) is 0 Å². The number of hydrogen-bond donors (Lipinski definition) is 1. The fourth-order valence-corrected chi connectivity index (χ4v) is 3.04. The van der Waals surface area contributed by atoms with E-state index in [1.54, 1.807) is 0 Å². The summed E-state index contributed by atoms with van der Waals surface area (Å²) in [5.41, 5.74) is 7.96. The molecule has 20 heavy (non-hydrogen) atoms. The fraction of sp³-hybridized carbons (Fsp3) is 0.294. The molecular weight excluding hydrogens is 264 g/mol. The van der Waals surface area contributed by atoms with Crippen LogP contribution in [-0.4, -0.2) is 23.7 Å². The summed E-state index contributed by atoms with van der Waals surface area (Å²) in [7, 11) is 0. The molecule has 2 rings (SSSR count). The Morgan fingerprint density at radius 1 is 1.05 bits per heavy atom. The van der Waals surface area contributed by atoms with Gasteiger partial charge in [0.15, 0.2) is 0 Å². The maximum absolute atomic E-state index is 5.83. The third kappa shape index (κ3) is 4.91. The quantitative estimate of drug-likeness (QED) is 0.618. The van der Waals surface area contributed by atoms with Crippen LogP contribution in [0.4, 0.5) is 5.69 Å². The second-order valence-corrected chi connectivity index (χ2v) is 5.94.